The molecule has 5 rings (SSSR count). The lowest BCUT2D eigenvalue weighted by Gasteiger charge is -2.15. The fourth-order valence-electron chi connectivity index (χ4n) is 4.26. The number of halogens is 3. The SMILES string of the molecule is CNC(=O)c1cc(Oc2ccc3[nH]c(Nc4ccc(CNC(=O)n5nc(C)cc5C)c(C(F)(F)F)c4)nc3c2)ccn1. The Labute approximate surface area is 237 Å². The van der Waals surface area contributed by atoms with E-state index in [1.165, 1.54) is 31.4 Å². The number of nitrogens with one attached hydrogen (secondary N) is 4. The van der Waals surface area contributed by atoms with Crippen LogP contribution in [0.15, 0.2) is 60.8 Å². The Morgan fingerprint density at radius 1 is 1.02 bits per heavy atom. The Kier molecular flexibility index (Phi) is 7.53. The molecule has 2 aromatic carbocycles. The van der Waals surface area contributed by atoms with Gasteiger partial charge >= 0.3 is 12.2 Å². The molecule has 5 aromatic rings. The second kappa shape index (κ2) is 11.2. The zero-order valence-corrected chi connectivity index (χ0v) is 22.6. The van der Waals surface area contributed by atoms with Gasteiger partial charge in [-0.05, 0) is 55.8 Å². The molecule has 216 valence electrons. The summed E-state index contributed by atoms with van der Waals surface area (Å²) in [6.07, 6.45) is -3.22. The van der Waals surface area contributed by atoms with Gasteiger partial charge in [-0.2, -0.15) is 23.0 Å². The number of hydrogen-bond donors (Lipinski definition) is 4. The minimum Gasteiger partial charge on any atom is -0.457 e. The molecular formula is C28H25F3N8O3. The van der Waals surface area contributed by atoms with Crippen molar-refractivity contribution < 1.29 is 27.5 Å². The van der Waals surface area contributed by atoms with Crippen molar-refractivity contribution in [3.05, 3.63) is 89.0 Å². The Morgan fingerprint density at radius 3 is 2.52 bits per heavy atom. The van der Waals surface area contributed by atoms with E-state index in [2.05, 4.69) is 36.0 Å². The van der Waals surface area contributed by atoms with Crippen molar-refractivity contribution in [2.45, 2.75) is 26.6 Å². The van der Waals surface area contributed by atoms with Crippen LogP contribution in [0.2, 0.25) is 0 Å². The van der Waals surface area contributed by atoms with Gasteiger partial charge < -0.3 is 25.7 Å². The van der Waals surface area contributed by atoms with Crippen LogP contribution in [0.1, 0.15) is 33.0 Å². The maximum Gasteiger partial charge on any atom is 0.416 e. The number of hydrogen-bond acceptors (Lipinski definition) is 7. The number of ether oxygens (including phenoxy) is 1. The highest BCUT2D eigenvalue weighted by atomic mass is 19.4. The number of anilines is 2. The first kappa shape index (κ1) is 28.1. The minimum atomic E-state index is -4.67. The van der Waals surface area contributed by atoms with Gasteiger partial charge in [0.2, 0.25) is 5.95 Å². The van der Waals surface area contributed by atoms with Gasteiger partial charge in [0.05, 0.1) is 22.3 Å². The Balaban J connectivity index is 1.32. The van der Waals surface area contributed by atoms with E-state index >= 15 is 0 Å². The number of nitrogens with zero attached hydrogens (tertiary/aromatic N) is 4. The van der Waals surface area contributed by atoms with Crippen molar-refractivity contribution in [1.82, 2.24) is 35.4 Å². The first-order valence-electron chi connectivity index (χ1n) is 12.6. The van der Waals surface area contributed by atoms with Crippen LogP contribution in [-0.4, -0.2) is 43.7 Å². The standard InChI is InChI=1S/C28H25F3N8O3/c1-15-10-16(2)39(38-15)27(41)34-14-17-4-5-18(11-21(17)28(29,30)31)35-26-36-22-7-6-19(12-23(22)37-26)42-20-8-9-33-24(13-20)25(40)32-3/h4-13H,14H2,1-3H3,(H,32,40)(H,34,41)(H2,35,36,37). The number of aromatic amines is 1. The lowest BCUT2D eigenvalue weighted by atomic mass is 10.1. The van der Waals surface area contributed by atoms with Crippen molar-refractivity contribution in [1.29, 1.82) is 0 Å². The second-order valence-electron chi connectivity index (χ2n) is 9.31. The summed E-state index contributed by atoms with van der Waals surface area (Å²) in [4.78, 5) is 35.7. The molecule has 0 atom stereocenters. The van der Waals surface area contributed by atoms with E-state index < -0.39 is 17.8 Å². The van der Waals surface area contributed by atoms with E-state index in [-0.39, 0.29) is 35.3 Å². The summed E-state index contributed by atoms with van der Waals surface area (Å²) in [5.74, 6) is 0.680. The summed E-state index contributed by atoms with van der Waals surface area (Å²) >= 11 is 0. The molecule has 0 saturated carbocycles. The van der Waals surface area contributed by atoms with Crippen LogP contribution in [0.3, 0.4) is 0 Å². The van der Waals surface area contributed by atoms with Crippen molar-refractivity contribution in [2.24, 2.45) is 0 Å². The van der Waals surface area contributed by atoms with Crippen LogP contribution >= 0.6 is 0 Å². The molecule has 11 nitrogen and oxygen atoms in total. The maximum atomic E-state index is 13.9. The summed E-state index contributed by atoms with van der Waals surface area (Å²) in [5, 5.41) is 11.9. The fraction of sp³-hybridized carbons (Fsp3) is 0.179. The quantitative estimate of drug-likeness (QED) is 0.202. The molecule has 3 aromatic heterocycles. The summed E-state index contributed by atoms with van der Waals surface area (Å²) in [6.45, 7) is 3.05. The number of carbonyl (C=O) groups excluding carboxylic acids is 2. The molecule has 0 aliphatic carbocycles. The second-order valence-corrected chi connectivity index (χ2v) is 9.31. The molecule has 14 heteroatoms. The topological polar surface area (TPSA) is 139 Å². The number of fused-ring (bicyclic) bond motifs is 1. The molecule has 0 radical (unpaired) electrons. The van der Waals surface area contributed by atoms with E-state index in [9.17, 15) is 22.8 Å². The molecule has 0 unspecified atom stereocenters. The molecule has 3 heterocycles. The zero-order valence-electron chi connectivity index (χ0n) is 22.6. The predicted molar refractivity (Wildman–Crippen MR) is 148 cm³/mol. The molecule has 0 saturated heterocycles. The van der Waals surface area contributed by atoms with Gasteiger partial charge in [-0.15, -0.1) is 0 Å². The first-order chi connectivity index (χ1) is 20.0. The molecule has 0 spiro atoms. The van der Waals surface area contributed by atoms with Crippen LogP contribution in [0.5, 0.6) is 11.5 Å². The molecule has 42 heavy (non-hydrogen) atoms. The van der Waals surface area contributed by atoms with Crippen LogP contribution < -0.4 is 20.7 Å². The summed E-state index contributed by atoms with van der Waals surface area (Å²) in [7, 11) is 1.50. The molecule has 4 N–H and O–H groups in total. The third kappa shape index (κ3) is 6.16. The number of H-pyrrole nitrogens is 1. The number of rotatable bonds is 7. The smallest absolute Gasteiger partial charge is 0.416 e. The van der Waals surface area contributed by atoms with E-state index in [0.29, 0.717) is 33.9 Å². The molecule has 0 aliphatic heterocycles. The highest BCUT2D eigenvalue weighted by molar-refractivity contribution is 5.92. The molecule has 0 bridgehead atoms. The number of amides is 2. The van der Waals surface area contributed by atoms with Gasteiger partial charge in [0.1, 0.15) is 17.2 Å². The zero-order chi connectivity index (χ0) is 30.0. The Morgan fingerprint density at radius 2 is 1.81 bits per heavy atom. The monoisotopic (exact) mass is 578 g/mol. The predicted octanol–water partition coefficient (Wildman–Crippen LogP) is 5.44. The number of pyridine rings is 1. The fourth-order valence-corrected chi connectivity index (χ4v) is 4.26. The van der Waals surface area contributed by atoms with Gasteiger partial charge in [-0.1, -0.05) is 6.07 Å². The van der Waals surface area contributed by atoms with E-state index in [1.54, 1.807) is 44.2 Å². The third-order valence-electron chi connectivity index (χ3n) is 6.19. The van der Waals surface area contributed by atoms with Crippen LogP contribution in [0.4, 0.5) is 29.6 Å². The molecule has 2 amide bonds. The minimum absolute atomic E-state index is 0.106. The number of aryl methyl sites for hydroxylation is 2. The van der Waals surface area contributed by atoms with Crippen molar-refractivity contribution in [2.75, 3.05) is 12.4 Å². The van der Waals surface area contributed by atoms with Crippen LogP contribution in [-0.2, 0) is 12.7 Å². The van der Waals surface area contributed by atoms with Crippen molar-refractivity contribution in [3.8, 4) is 11.5 Å². The normalized spacial score (nSPS) is 11.4. The van der Waals surface area contributed by atoms with Crippen LogP contribution in [0, 0.1) is 13.8 Å². The molecule has 0 aliphatic rings. The third-order valence-corrected chi connectivity index (χ3v) is 6.19. The largest absolute Gasteiger partial charge is 0.457 e. The first-order valence-corrected chi connectivity index (χ1v) is 12.6. The summed E-state index contributed by atoms with van der Waals surface area (Å²) in [5.41, 5.74) is 1.62. The van der Waals surface area contributed by atoms with Gasteiger partial charge in [0.25, 0.3) is 5.91 Å². The van der Waals surface area contributed by atoms with Crippen LogP contribution in [0.25, 0.3) is 11.0 Å². The molecular weight excluding hydrogens is 553 g/mol. The maximum absolute atomic E-state index is 13.9. The van der Waals surface area contributed by atoms with Crippen molar-refractivity contribution in [3.63, 3.8) is 0 Å². The number of alkyl halides is 3. The molecule has 0 fully saturated rings. The lowest BCUT2D eigenvalue weighted by molar-refractivity contribution is -0.138. The average molecular weight is 579 g/mol. The van der Waals surface area contributed by atoms with E-state index in [4.69, 9.17) is 4.74 Å². The number of carbonyl (C=O) groups is 2. The van der Waals surface area contributed by atoms with Gasteiger partial charge in [0.15, 0.2) is 0 Å². The number of imidazole rings is 1. The van der Waals surface area contributed by atoms with Crippen molar-refractivity contribution >= 4 is 34.6 Å². The Hall–Kier alpha value is -5.40. The highest BCUT2D eigenvalue weighted by Crippen LogP contribution is 2.35. The number of aromatic nitrogens is 5. The lowest BCUT2D eigenvalue weighted by Crippen LogP contribution is -2.30. The van der Waals surface area contributed by atoms with E-state index in [1.807, 2.05) is 0 Å². The summed E-state index contributed by atoms with van der Waals surface area (Å²) in [6, 6.07) is 12.9. The van der Waals surface area contributed by atoms with Gasteiger partial charge in [0, 0.05) is 43.3 Å². The van der Waals surface area contributed by atoms with Gasteiger partial charge in [-0.25, -0.2) is 9.78 Å². The Bertz CT molecular complexity index is 1800. The number of benzene rings is 2. The van der Waals surface area contributed by atoms with Gasteiger partial charge in [-0.3, -0.25) is 9.78 Å². The van der Waals surface area contributed by atoms with E-state index in [0.717, 1.165) is 10.7 Å². The summed E-state index contributed by atoms with van der Waals surface area (Å²) < 4.78 is 48.8. The highest BCUT2D eigenvalue weighted by Gasteiger charge is 2.33. The average Bonchev–Trinajstić information content (AvgIpc) is 3.51.